The fourth-order valence-electron chi connectivity index (χ4n) is 3.86. The molecule has 30 heavy (non-hydrogen) atoms. The summed E-state index contributed by atoms with van der Waals surface area (Å²) in [6.45, 7) is 6.11. The van der Waals surface area contributed by atoms with Gasteiger partial charge in [0.1, 0.15) is 5.82 Å². The number of halogens is 1. The van der Waals surface area contributed by atoms with Crippen LogP contribution < -0.4 is 22.1 Å². The van der Waals surface area contributed by atoms with E-state index >= 15 is 0 Å². The van der Waals surface area contributed by atoms with Gasteiger partial charge in [-0.25, -0.2) is 0 Å². The van der Waals surface area contributed by atoms with Crippen LogP contribution >= 0.6 is 11.6 Å². The fraction of sp³-hybridized carbons (Fsp3) is 0.429. The molecule has 2 aliphatic rings. The molecule has 8 nitrogen and oxygen atoms in total. The first kappa shape index (κ1) is 20.6. The van der Waals surface area contributed by atoms with Crippen LogP contribution in [0.25, 0.3) is 5.70 Å². The second-order valence-electron chi connectivity index (χ2n) is 7.81. The summed E-state index contributed by atoms with van der Waals surface area (Å²) >= 11 is 6.41. The van der Waals surface area contributed by atoms with Crippen LogP contribution in [-0.2, 0) is 6.54 Å². The van der Waals surface area contributed by atoms with Crippen LogP contribution in [-0.4, -0.2) is 41.3 Å². The molecule has 6 N–H and O–H groups in total. The smallest absolute Gasteiger partial charge is 0.263 e. The highest BCUT2D eigenvalue weighted by atomic mass is 35.5. The minimum absolute atomic E-state index is 0.279. The van der Waals surface area contributed by atoms with Gasteiger partial charge in [0.2, 0.25) is 5.89 Å². The van der Waals surface area contributed by atoms with E-state index in [1.165, 1.54) is 0 Å². The van der Waals surface area contributed by atoms with E-state index in [1.807, 2.05) is 12.1 Å². The lowest BCUT2D eigenvalue weighted by Crippen LogP contribution is -2.41. The predicted octanol–water partition coefficient (Wildman–Crippen LogP) is 2.03. The van der Waals surface area contributed by atoms with Gasteiger partial charge < -0.3 is 31.4 Å². The number of allylic oxidation sites excluding steroid dienone is 1. The molecule has 0 unspecified atom stereocenters. The Balaban J connectivity index is 1.56. The summed E-state index contributed by atoms with van der Waals surface area (Å²) in [5.74, 6) is 1.81. The number of nitrogens with one attached hydrogen (secondary N) is 2. The molecule has 0 bridgehead atoms. The van der Waals surface area contributed by atoms with E-state index < -0.39 is 0 Å². The molecule has 1 fully saturated rings. The van der Waals surface area contributed by atoms with Crippen molar-refractivity contribution >= 4 is 17.3 Å². The molecule has 2 aromatic rings. The number of hydrogen-bond donors (Lipinski definition) is 4. The lowest BCUT2D eigenvalue weighted by molar-refractivity contribution is 0.321. The zero-order valence-corrected chi connectivity index (χ0v) is 17.9. The van der Waals surface area contributed by atoms with Crippen molar-refractivity contribution in [2.45, 2.75) is 32.2 Å². The first-order valence-corrected chi connectivity index (χ1v) is 10.6. The maximum absolute atomic E-state index is 6.41. The third-order valence-electron chi connectivity index (χ3n) is 5.54. The fourth-order valence-corrected chi connectivity index (χ4v) is 4.04. The van der Waals surface area contributed by atoms with Crippen molar-refractivity contribution in [1.82, 2.24) is 25.7 Å². The van der Waals surface area contributed by atoms with Crippen molar-refractivity contribution in [1.29, 1.82) is 0 Å². The van der Waals surface area contributed by atoms with Crippen LogP contribution in [0.15, 0.2) is 40.2 Å². The molecule has 1 aromatic heterocycles. The Kier molecular flexibility index (Phi) is 6.15. The van der Waals surface area contributed by atoms with Gasteiger partial charge in [0.15, 0.2) is 0 Å². The Hall–Kier alpha value is -2.71. The topological polar surface area (TPSA) is 118 Å². The maximum Gasteiger partial charge on any atom is 0.263 e. The van der Waals surface area contributed by atoms with Gasteiger partial charge in [-0.2, -0.15) is 0 Å². The zero-order valence-electron chi connectivity index (χ0n) is 17.1. The normalized spacial score (nSPS) is 18.6. The van der Waals surface area contributed by atoms with E-state index in [4.69, 9.17) is 27.5 Å². The Labute approximate surface area is 181 Å². The first-order valence-electron chi connectivity index (χ1n) is 10.3. The average molecular weight is 430 g/mol. The van der Waals surface area contributed by atoms with Crippen molar-refractivity contribution < 1.29 is 4.42 Å². The number of nitrogens with zero attached hydrogens (tertiary/aromatic N) is 3. The lowest BCUT2D eigenvalue weighted by Gasteiger charge is -2.32. The summed E-state index contributed by atoms with van der Waals surface area (Å²) in [6.07, 6.45) is 3.77. The summed E-state index contributed by atoms with van der Waals surface area (Å²) in [7, 11) is 0. The third-order valence-corrected chi connectivity index (χ3v) is 5.91. The van der Waals surface area contributed by atoms with E-state index in [9.17, 15) is 0 Å². The minimum atomic E-state index is 0.279. The zero-order chi connectivity index (χ0) is 21.1. The Morgan fingerprint density at radius 3 is 2.90 bits per heavy atom. The average Bonchev–Trinajstić information content (AvgIpc) is 3.24. The Morgan fingerprint density at radius 2 is 2.10 bits per heavy atom. The van der Waals surface area contributed by atoms with Crippen molar-refractivity contribution in [3.63, 3.8) is 0 Å². The molecule has 9 heteroatoms. The highest BCUT2D eigenvalue weighted by Gasteiger charge is 2.23. The van der Waals surface area contributed by atoms with Crippen LogP contribution in [0.4, 0.5) is 0 Å². The SMILES string of the molecule is Cc1ccc(Cl)c(CN2CCNC(N)=C2/C=C(\N)c2nnc(C3CCNCC3)o2)c1. The molecule has 1 saturated heterocycles. The Morgan fingerprint density at radius 1 is 1.30 bits per heavy atom. The van der Waals surface area contributed by atoms with Gasteiger partial charge in [0.25, 0.3) is 5.89 Å². The van der Waals surface area contributed by atoms with E-state index in [-0.39, 0.29) is 5.92 Å². The van der Waals surface area contributed by atoms with Gasteiger partial charge in [-0.3, -0.25) is 0 Å². The quantitative estimate of drug-likeness (QED) is 0.570. The molecule has 3 heterocycles. The van der Waals surface area contributed by atoms with Crippen LogP contribution in [0.2, 0.25) is 5.02 Å². The van der Waals surface area contributed by atoms with Gasteiger partial charge in [-0.15, -0.1) is 10.2 Å². The van der Waals surface area contributed by atoms with Crippen LogP contribution in [0.1, 0.15) is 41.7 Å². The molecule has 0 saturated carbocycles. The number of aryl methyl sites for hydroxylation is 1. The van der Waals surface area contributed by atoms with Crippen LogP contribution in [0.3, 0.4) is 0 Å². The Bertz CT molecular complexity index is 962. The van der Waals surface area contributed by atoms with Gasteiger partial charge in [-0.05, 0) is 50.6 Å². The molecule has 2 aliphatic heterocycles. The number of nitrogens with two attached hydrogens (primary N) is 2. The molecule has 160 valence electrons. The molecule has 0 spiro atoms. The maximum atomic E-state index is 6.41. The molecule has 0 radical (unpaired) electrons. The largest absolute Gasteiger partial charge is 0.419 e. The molecular formula is C21H28ClN7O. The lowest BCUT2D eigenvalue weighted by atomic mass is 9.98. The summed E-state index contributed by atoms with van der Waals surface area (Å²) < 4.78 is 5.88. The summed E-state index contributed by atoms with van der Waals surface area (Å²) in [6, 6.07) is 6.02. The summed E-state index contributed by atoms with van der Waals surface area (Å²) in [5.41, 5.74) is 16.0. The minimum Gasteiger partial charge on any atom is -0.419 e. The highest BCUT2D eigenvalue weighted by Crippen LogP contribution is 2.26. The number of hydrogen-bond acceptors (Lipinski definition) is 8. The van der Waals surface area contributed by atoms with Gasteiger partial charge in [0, 0.05) is 30.6 Å². The number of benzene rings is 1. The third kappa shape index (κ3) is 4.55. The van der Waals surface area contributed by atoms with E-state index in [1.54, 1.807) is 6.08 Å². The highest BCUT2D eigenvalue weighted by molar-refractivity contribution is 6.31. The van der Waals surface area contributed by atoms with Crippen molar-refractivity contribution in [3.8, 4) is 0 Å². The number of rotatable bonds is 5. The molecule has 1 aromatic carbocycles. The molecular weight excluding hydrogens is 402 g/mol. The molecule has 0 atom stereocenters. The second kappa shape index (κ2) is 8.97. The molecule has 4 rings (SSSR count). The molecule has 0 aliphatic carbocycles. The van der Waals surface area contributed by atoms with Crippen LogP contribution in [0, 0.1) is 6.92 Å². The summed E-state index contributed by atoms with van der Waals surface area (Å²) in [4.78, 5) is 2.16. The second-order valence-corrected chi connectivity index (χ2v) is 8.22. The summed E-state index contributed by atoms with van der Waals surface area (Å²) in [5, 5.41) is 15.7. The monoisotopic (exact) mass is 429 g/mol. The van der Waals surface area contributed by atoms with Crippen molar-refractivity contribution in [2.75, 3.05) is 26.2 Å². The predicted molar refractivity (Wildman–Crippen MR) is 117 cm³/mol. The van der Waals surface area contributed by atoms with Gasteiger partial charge >= 0.3 is 0 Å². The van der Waals surface area contributed by atoms with E-state index in [0.29, 0.717) is 29.8 Å². The first-order chi connectivity index (χ1) is 14.5. The van der Waals surface area contributed by atoms with Gasteiger partial charge in [0.05, 0.1) is 11.4 Å². The van der Waals surface area contributed by atoms with Crippen LogP contribution in [0.5, 0.6) is 0 Å². The standard InChI is InChI=1S/C21H28ClN7O/c1-13-2-3-16(22)15(10-13)12-29-9-8-26-19(24)18(29)11-17(23)21-28-27-20(30-21)14-4-6-25-7-5-14/h2-3,10-11,14,25-26H,4-9,12,23-24H2,1H3/b17-11-. The molecule has 0 amide bonds. The van der Waals surface area contributed by atoms with Crippen molar-refractivity contribution in [3.05, 3.63) is 63.7 Å². The van der Waals surface area contributed by atoms with Crippen molar-refractivity contribution in [2.24, 2.45) is 11.5 Å². The van der Waals surface area contributed by atoms with E-state index in [2.05, 4.69) is 38.7 Å². The van der Waals surface area contributed by atoms with E-state index in [0.717, 1.165) is 60.9 Å². The number of piperidine rings is 1. The van der Waals surface area contributed by atoms with Gasteiger partial charge in [-0.1, -0.05) is 29.3 Å². The number of aromatic nitrogens is 2.